The number of carbonyl (C=O) groups excluding carboxylic acids is 1. The monoisotopic (exact) mass is 448 g/mol. The van der Waals surface area contributed by atoms with Crippen LogP contribution in [0.2, 0.25) is 0 Å². The lowest BCUT2D eigenvalue weighted by Gasteiger charge is -2.31. The Kier molecular flexibility index (Phi) is 6.68. The molecule has 0 aromatic carbocycles. The Labute approximate surface area is 183 Å². The third-order valence-electron chi connectivity index (χ3n) is 6.94. The molecule has 2 saturated carbocycles. The highest BCUT2D eigenvalue weighted by Crippen LogP contribution is 2.50. The number of nitrogens with one attached hydrogen (secondary N) is 1. The third kappa shape index (κ3) is 4.37. The molecule has 0 radical (unpaired) electrons. The van der Waals surface area contributed by atoms with Gasteiger partial charge in [0.25, 0.3) is 15.9 Å². The number of amides is 1. The zero-order valence-electron chi connectivity index (χ0n) is 17.6. The van der Waals surface area contributed by atoms with E-state index in [0.29, 0.717) is 16.7 Å². The lowest BCUT2D eigenvalue weighted by atomic mass is 9.81. The molecule has 4 atom stereocenters. The van der Waals surface area contributed by atoms with Gasteiger partial charge in [-0.3, -0.25) is 4.79 Å². The fraction of sp³-hybridized carbons (Fsp3) is 0.609. The average molecular weight is 449 g/mol. The van der Waals surface area contributed by atoms with E-state index in [1.54, 1.807) is 24.3 Å². The van der Waals surface area contributed by atoms with Gasteiger partial charge in [0, 0.05) is 18.4 Å². The summed E-state index contributed by atoms with van der Waals surface area (Å²) >= 11 is 1.06. The van der Waals surface area contributed by atoms with Crippen molar-refractivity contribution in [3.63, 3.8) is 0 Å². The van der Waals surface area contributed by atoms with Gasteiger partial charge in [0.05, 0.1) is 4.88 Å². The largest absolute Gasteiger partial charge is 0.348 e. The van der Waals surface area contributed by atoms with Gasteiger partial charge in [-0.05, 0) is 67.7 Å². The average Bonchev–Trinajstić information content (AvgIpc) is 3.53. The summed E-state index contributed by atoms with van der Waals surface area (Å²) < 4.78 is 26.7. The first kappa shape index (κ1) is 21.6. The van der Waals surface area contributed by atoms with E-state index in [-0.39, 0.29) is 16.2 Å². The minimum atomic E-state index is -3.62. The molecular formula is C23H32N2O3S2. The molecule has 1 amide bonds. The lowest BCUT2D eigenvalue weighted by Crippen LogP contribution is -2.43. The highest BCUT2D eigenvalue weighted by Gasteiger charge is 2.47. The highest BCUT2D eigenvalue weighted by atomic mass is 32.2. The molecule has 30 heavy (non-hydrogen) atoms. The molecule has 2 aliphatic carbocycles. The number of rotatable bonds is 10. The molecule has 0 saturated heterocycles. The smallest absolute Gasteiger partial charge is 0.277 e. The van der Waals surface area contributed by atoms with Crippen LogP contribution in [0.25, 0.3) is 0 Å². The maximum Gasteiger partial charge on any atom is 0.277 e. The highest BCUT2D eigenvalue weighted by molar-refractivity contribution is 7.92. The first-order chi connectivity index (χ1) is 14.5. The summed E-state index contributed by atoms with van der Waals surface area (Å²) in [5.74, 6) is 1.79. The van der Waals surface area contributed by atoms with Crippen LogP contribution in [0.15, 0.2) is 40.9 Å². The fourth-order valence-electron chi connectivity index (χ4n) is 5.42. The first-order valence-electron chi connectivity index (χ1n) is 11.3. The standard InChI is InChI=1S/C23H32N2O3S2/c1-2-3-4-5-6-9-19-17-10-11-18(16-17)22(19)24-23(26)20-12-13-21(29-20)30(27,28)25-14-7-8-15-25/h7-8,12-15,17-19,22H,2-6,9-11,16H2,1H3,(H,24,26)/t17-,18+,19-,22-/m0/s1. The van der Waals surface area contributed by atoms with E-state index in [4.69, 9.17) is 0 Å². The Bertz CT molecular complexity index is 949. The second-order valence-electron chi connectivity index (χ2n) is 8.84. The van der Waals surface area contributed by atoms with Crippen molar-refractivity contribution in [1.82, 2.24) is 9.29 Å². The van der Waals surface area contributed by atoms with E-state index < -0.39 is 10.0 Å². The van der Waals surface area contributed by atoms with E-state index in [2.05, 4.69) is 12.2 Å². The van der Waals surface area contributed by atoms with Gasteiger partial charge in [0.15, 0.2) is 0 Å². The van der Waals surface area contributed by atoms with Crippen LogP contribution in [0.4, 0.5) is 0 Å². The Morgan fingerprint density at radius 2 is 1.83 bits per heavy atom. The molecule has 2 fully saturated rings. The van der Waals surface area contributed by atoms with Gasteiger partial charge in [0.2, 0.25) is 0 Å². The number of carbonyl (C=O) groups is 1. The van der Waals surface area contributed by atoms with Crippen molar-refractivity contribution in [3.8, 4) is 0 Å². The van der Waals surface area contributed by atoms with Crippen molar-refractivity contribution < 1.29 is 13.2 Å². The number of aromatic nitrogens is 1. The second-order valence-corrected chi connectivity index (χ2v) is 12.0. The summed E-state index contributed by atoms with van der Waals surface area (Å²) in [5, 5.41) is 3.30. The summed E-state index contributed by atoms with van der Waals surface area (Å²) in [6.07, 6.45) is 14.4. The molecular weight excluding hydrogens is 416 g/mol. The Balaban J connectivity index is 1.40. The normalized spacial score (nSPS) is 25.6. The number of hydrogen-bond acceptors (Lipinski definition) is 4. The summed E-state index contributed by atoms with van der Waals surface area (Å²) in [5.41, 5.74) is 0. The Hall–Kier alpha value is -1.60. The van der Waals surface area contributed by atoms with Gasteiger partial charge >= 0.3 is 0 Å². The molecule has 5 nitrogen and oxygen atoms in total. The fourth-order valence-corrected chi connectivity index (χ4v) is 7.92. The predicted octanol–water partition coefficient (Wildman–Crippen LogP) is 5.29. The Morgan fingerprint density at radius 1 is 1.10 bits per heavy atom. The topological polar surface area (TPSA) is 68.2 Å². The van der Waals surface area contributed by atoms with Crippen molar-refractivity contribution in [2.24, 2.45) is 17.8 Å². The molecule has 0 unspecified atom stereocenters. The molecule has 4 rings (SSSR count). The van der Waals surface area contributed by atoms with Crippen LogP contribution in [0.1, 0.15) is 74.4 Å². The zero-order valence-corrected chi connectivity index (χ0v) is 19.3. The minimum Gasteiger partial charge on any atom is -0.348 e. The molecule has 2 bridgehead atoms. The van der Waals surface area contributed by atoms with Crippen LogP contribution < -0.4 is 5.32 Å². The van der Waals surface area contributed by atoms with Gasteiger partial charge in [-0.25, -0.2) is 3.97 Å². The Morgan fingerprint density at radius 3 is 2.60 bits per heavy atom. The summed E-state index contributed by atoms with van der Waals surface area (Å²) in [6.45, 7) is 2.24. The maximum atomic E-state index is 13.0. The van der Waals surface area contributed by atoms with Crippen LogP contribution in [-0.4, -0.2) is 24.3 Å². The van der Waals surface area contributed by atoms with Crippen molar-refractivity contribution in [3.05, 3.63) is 41.5 Å². The summed E-state index contributed by atoms with van der Waals surface area (Å²) in [4.78, 5) is 13.4. The number of fused-ring (bicyclic) bond motifs is 2. The number of thiophene rings is 1. The first-order valence-corrected chi connectivity index (χ1v) is 13.6. The van der Waals surface area contributed by atoms with Gasteiger partial charge in [-0.1, -0.05) is 39.0 Å². The van der Waals surface area contributed by atoms with E-state index in [1.807, 2.05) is 0 Å². The van der Waals surface area contributed by atoms with Crippen LogP contribution >= 0.6 is 11.3 Å². The van der Waals surface area contributed by atoms with E-state index in [0.717, 1.165) is 17.3 Å². The van der Waals surface area contributed by atoms with Crippen molar-refractivity contribution >= 4 is 27.3 Å². The van der Waals surface area contributed by atoms with E-state index in [9.17, 15) is 13.2 Å². The molecule has 2 aliphatic rings. The molecule has 0 aliphatic heterocycles. The van der Waals surface area contributed by atoms with Crippen LogP contribution in [0, 0.1) is 17.8 Å². The third-order valence-corrected chi connectivity index (χ3v) is 10.1. The second kappa shape index (κ2) is 9.27. The van der Waals surface area contributed by atoms with Crippen LogP contribution in [-0.2, 0) is 10.0 Å². The molecule has 2 aromatic rings. The lowest BCUT2D eigenvalue weighted by molar-refractivity contribution is 0.0900. The van der Waals surface area contributed by atoms with Crippen LogP contribution in [0.5, 0.6) is 0 Å². The molecule has 2 heterocycles. The van der Waals surface area contributed by atoms with Crippen molar-refractivity contribution in [2.75, 3.05) is 0 Å². The summed E-state index contributed by atoms with van der Waals surface area (Å²) in [7, 11) is -3.62. The van der Waals surface area contributed by atoms with Crippen LogP contribution in [0.3, 0.4) is 0 Å². The quantitative estimate of drug-likeness (QED) is 0.502. The maximum absolute atomic E-state index is 13.0. The van der Waals surface area contributed by atoms with Crippen molar-refractivity contribution in [2.45, 2.75) is 75.0 Å². The molecule has 164 valence electrons. The number of nitrogens with zero attached hydrogens (tertiary/aromatic N) is 1. The van der Waals surface area contributed by atoms with Crippen molar-refractivity contribution in [1.29, 1.82) is 0 Å². The minimum absolute atomic E-state index is 0.123. The van der Waals surface area contributed by atoms with Gasteiger partial charge in [-0.2, -0.15) is 8.42 Å². The molecule has 0 spiro atoms. The predicted molar refractivity (Wildman–Crippen MR) is 120 cm³/mol. The van der Waals surface area contributed by atoms with E-state index in [1.165, 1.54) is 74.2 Å². The molecule has 1 N–H and O–H groups in total. The van der Waals surface area contributed by atoms with E-state index >= 15 is 0 Å². The van der Waals surface area contributed by atoms with Gasteiger partial charge in [-0.15, -0.1) is 11.3 Å². The molecule has 2 aromatic heterocycles. The summed E-state index contributed by atoms with van der Waals surface area (Å²) in [6, 6.07) is 6.78. The molecule has 7 heteroatoms. The van der Waals surface area contributed by atoms with Gasteiger partial charge in [0.1, 0.15) is 4.21 Å². The van der Waals surface area contributed by atoms with Gasteiger partial charge < -0.3 is 5.32 Å². The number of unbranched alkanes of at least 4 members (excludes halogenated alkanes) is 4. The SMILES string of the molecule is CCCCCCC[C@H]1[C@H]2CC[C@H](C2)[C@@H]1NC(=O)c1ccc(S(=O)(=O)n2cccc2)s1. The number of hydrogen-bond donors (Lipinski definition) is 1. The zero-order chi connectivity index (χ0) is 21.1.